The van der Waals surface area contributed by atoms with Crippen LogP contribution in [0.25, 0.3) is 0 Å². The quantitative estimate of drug-likeness (QED) is 0.893. The molecule has 0 spiro atoms. The Morgan fingerprint density at radius 3 is 2.75 bits per heavy atom. The summed E-state index contributed by atoms with van der Waals surface area (Å²) in [5.74, 6) is -0.0571. The average molecular weight is 314 g/mol. The van der Waals surface area contributed by atoms with Gasteiger partial charge < -0.3 is 10.6 Å². The van der Waals surface area contributed by atoms with Crippen molar-refractivity contribution in [1.82, 2.24) is 10.2 Å². The van der Waals surface area contributed by atoms with Crippen LogP contribution in [-0.4, -0.2) is 40.9 Å². The second kappa shape index (κ2) is 6.62. The summed E-state index contributed by atoms with van der Waals surface area (Å²) in [5.41, 5.74) is 0.496. The van der Waals surface area contributed by atoms with Crippen molar-refractivity contribution < 1.29 is 14.4 Å². The molecule has 20 heavy (non-hydrogen) atoms. The number of thioether (sulfide) groups is 1. The predicted molar refractivity (Wildman–Crippen MR) is 78.0 cm³/mol. The molecule has 2 rings (SSSR count). The number of nitrogens with one attached hydrogen (secondary N) is 2. The summed E-state index contributed by atoms with van der Waals surface area (Å²) in [6, 6.07) is 6.40. The SMILES string of the molecule is O=C(NCCN1C(=O)CSC1=O)Nc1ccccc1Cl. The largest absolute Gasteiger partial charge is 0.336 e. The predicted octanol–water partition coefficient (Wildman–Crippen LogP) is 2.16. The maximum atomic E-state index is 11.6. The molecule has 0 atom stereocenters. The molecular formula is C12H12ClN3O3S. The Morgan fingerprint density at radius 2 is 2.10 bits per heavy atom. The molecule has 1 aliphatic heterocycles. The number of para-hydroxylation sites is 1. The van der Waals surface area contributed by atoms with Crippen LogP contribution in [0, 0.1) is 0 Å². The number of rotatable bonds is 4. The number of hydrogen-bond donors (Lipinski definition) is 2. The Kier molecular flexibility index (Phi) is 4.86. The zero-order chi connectivity index (χ0) is 14.5. The Morgan fingerprint density at radius 1 is 1.35 bits per heavy atom. The highest BCUT2D eigenvalue weighted by Gasteiger charge is 2.29. The van der Waals surface area contributed by atoms with E-state index >= 15 is 0 Å². The van der Waals surface area contributed by atoms with Crippen molar-refractivity contribution >= 4 is 46.2 Å². The van der Waals surface area contributed by atoms with Gasteiger partial charge in [-0.1, -0.05) is 35.5 Å². The van der Waals surface area contributed by atoms with E-state index in [2.05, 4.69) is 10.6 Å². The highest BCUT2D eigenvalue weighted by Crippen LogP contribution is 2.20. The summed E-state index contributed by atoms with van der Waals surface area (Å²) in [5, 5.41) is 5.30. The van der Waals surface area contributed by atoms with E-state index < -0.39 is 6.03 Å². The maximum absolute atomic E-state index is 11.6. The second-order valence-electron chi connectivity index (χ2n) is 3.96. The molecule has 0 unspecified atom stereocenters. The number of halogens is 1. The molecule has 0 radical (unpaired) electrons. The molecule has 0 bridgehead atoms. The standard InChI is InChI=1S/C12H12ClN3O3S/c13-8-3-1-2-4-9(8)15-11(18)14-5-6-16-10(17)7-20-12(16)19/h1-4H,5-7H2,(H2,14,15,18). The van der Waals surface area contributed by atoms with Crippen LogP contribution in [-0.2, 0) is 4.79 Å². The smallest absolute Gasteiger partial charge is 0.319 e. The van der Waals surface area contributed by atoms with Crippen LogP contribution in [0.4, 0.5) is 15.3 Å². The number of urea groups is 1. The van der Waals surface area contributed by atoms with Crippen LogP contribution in [0.15, 0.2) is 24.3 Å². The van der Waals surface area contributed by atoms with Gasteiger partial charge in [-0.2, -0.15) is 0 Å². The third kappa shape index (κ3) is 3.64. The monoisotopic (exact) mass is 313 g/mol. The van der Waals surface area contributed by atoms with Crippen LogP contribution in [0.3, 0.4) is 0 Å². The Balaban J connectivity index is 1.77. The van der Waals surface area contributed by atoms with E-state index in [0.29, 0.717) is 10.7 Å². The van der Waals surface area contributed by atoms with Gasteiger partial charge in [-0.3, -0.25) is 14.5 Å². The molecule has 1 aromatic carbocycles. The summed E-state index contributed by atoms with van der Waals surface area (Å²) < 4.78 is 0. The Bertz CT molecular complexity index is 537. The number of carbonyl (C=O) groups excluding carboxylic acids is 3. The Hall–Kier alpha value is -1.73. The van der Waals surface area contributed by atoms with E-state index in [9.17, 15) is 14.4 Å². The molecule has 2 N–H and O–H groups in total. The van der Waals surface area contributed by atoms with Gasteiger partial charge in [0.15, 0.2) is 0 Å². The fraction of sp³-hybridized carbons (Fsp3) is 0.250. The van der Waals surface area contributed by atoms with Crippen molar-refractivity contribution in [3.63, 3.8) is 0 Å². The van der Waals surface area contributed by atoms with Crippen molar-refractivity contribution in [2.75, 3.05) is 24.2 Å². The van der Waals surface area contributed by atoms with Gasteiger partial charge in [0.2, 0.25) is 5.91 Å². The molecule has 1 aromatic rings. The fourth-order valence-corrected chi connectivity index (χ4v) is 2.54. The average Bonchev–Trinajstić information content (AvgIpc) is 2.73. The van der Waals surface area contributed by atoms with Gasteiger partial charge in [0.1, 0.15) is 0 Å². The van der Waals surface area contributed by atoms with E-state index in [1.54, 1.807) is 24.3 Å². The third-order valence-corrected chi connectivity index (χ3v) is 3.77. The number of amides is 4. The topological polar surface area (TPSA) is 78.5 Å². The highest BCUT2D eigenvalue weighted by molar-refractivity contribution is 8.14. The zero-order valence-electron chi connectivity index (χ0n) is 10.4. The summed E-state index contributed by atoms with van der Waals surface area (Å²) >= 11 is 6.87. The number of benzene rings is 1. The van der Waals surface area contributed by atoms with Crippen molar-refractivity contribution in [3.8, 4) is 0 Å². The highest BCUT2D eigenvalue weighted by atomic mass is 35.5. The fourth-order valence-electron chi connectivity index (χ4n) is 1.61. The Labute approximate surface area is 124 Å². The second-order valence-corrected chi connectivity index (χ2v) is 5.29. The first-order valence-electron chi connectivity index (χ1n) is 5.84. The van der Waals surface area contributed by atoms with Crippen LogP contribution in [0.5, 0.6) is 0 Å². The molecule has 106 valence electrons. The molecule has 6 nitrogen and oxygen atoms in total. The van der Waals surface area contributed by atoms with Crippen LogP contribution < -0.4 is 10.6 Å². The molecule has 0 aromatic heterocycles. The first-order chi connectivity index (χ1) is 9.58. The van der Waals surface area contributed by atoms with Gasteiger partial charge >= 0.3 is 6.03 Å². The first-order valence-corrected chi connectivity index (χ1v) is 7.21. The number of imide groups is 1. The summed E-state index contributed by atoms with van der Waals surface area (Å²) in [6.07, 6.45) is 0. The number of hydrogen-bond acceptors (Lipinski definition) is 4. The zero-order valence-corrected chi connectivity index (χ0v) is 12.0. The van der Waals surface area contributed by atoms with E-state index in [4.69, 9.17) is 11.6 Å². The van der Waals surface area contributed by atoms with Gasteiger partial charge in [-0.15, -0.1) is 0 Å². The van der Waals surface area contributed by atoms with Gasteiger partial charge in [0.05, 0.1) is 16.5 Å². The summed E-state index contributed by atoms with van der Waals surface area (Å²) in [4.78, 5) is 35.4. The molecule has 0 saturated carbocycles. The molecule has 1 fully saturated rings. The van der Waals surface area contributed by atoms with E-state index in [1.807, 2.05) is 0 Å². The molecule has 0 aliphatic carbocycles. The van der Waals surface area contributed by atoms with E-state index in [-0.39, 0.29) is 30.0 Å². The van der Waals surface area contributed by atoms with Gasteiger partial charge in [-0.05, 0) is 12.1 Å². The number of carbonyl (C=O) groups is 3. The maximum Gasteiger partial charge on any atom is 0.319 e. The minimum absolute atomic E-state index is 0.167. The molecule has 1 saturated heterocycles. The lowest BCUT2D eigenvalue weighted by Gasteiger charge is -2.13. The minimum atomic E-state index is -0.440. The first kappa shape index (κ1) is 14.7. The molecule has 1 aliphatic rings. The van der Waals surface area contributed by atoms with Crippen molar-refractivity contribution in [2.24, 2.45) is 0 Å². The molecule has 8 heteroatoms. The molecule has 1 heterocycles. The van der Waals surface area contributed by atoms with Crippen LogP contribution in [0.2, 0.25) is 5.02 Å². The normalized spacial score (nSPS) is 14.6. The van der Waals surface area contributed by atoms with Crippen LogP contribution in [0.1, 0.15) is 0 Å². The summed E-state index contributed by atoms with van der Waals surface area (Å²) in [6.45, 7) is 0.356. The van der Waals surface area contributed by atoms with Crippen molar-refractivity contribution in [3.05, 3.63) is 29.3 Å². The van der Waals surface area contributed by atoms with Gasteiger partial charge in [-0.25, -0.2) is 4.79 Å². The lowest BCUT2D eigenvalue weighted by molar-refractivity contribution is -0.124. The van der Waals surface area contributed by atoms with Gasteiger partial charge in [0, 0.05) is 13.1 Å². The van der Waals surface area contributed by atoms with Crippen molar-refractivity contribution in [1.29, 1.82) is 0 Å². The molecule has 4 amide bonds. The lowest BCUT2D eigenvalue weighted by atomic mass is 10.3. The third-order valence-electron chi connectivity index (χ3n) is 2.58. The van der Waals surface area contributed by atoms with Gasteiger partial charge in [0.25, 0.3) is 5.24 Å². The summed E-state index contributed by atoms with van der Waals surface area (Å²) in [7, 11) is 0. The number of nitrogens with zero attached hydrogens (tertiary/aromatic N) is 1. The number of anilines is 1. The lowest BCUT2D eigenvalue weighted by Crippen LogP contribution is -2.39. The van der Waals surface area contributed by atoms with Crippen LogP contribution >= 0.6 is 23.4 Å². The van der Waals surface area contributed by atoms with E-state index in [1.165, 1.54) is 0 Å². The van der Waals surface area contributed by atoms with E-state index in [0.717, 1.165) is 16.7 Å². The molecular weight excluding hydrogens is 302 g/mol. The van der Waals surface area contributed by atoms with Crippen molar-refractivity contribution in [2.45, 2.75) is 0 Å². The minimum Gasteiger partial charge on any atom is -0.336 e.